The Bertz CT molecular complexity index is 445. The summed E-state index contributed by atoms with van der Waals surface area (Å²) in [5.41, 5.74) is 4.53. The van der Waals surface area contributed by atoms with Crippen molar-refractivity contribution in [2.75, 3.05) is 0 Å². The third-order valence-electron chi connectivity index (χ3n) is 5.18. The molecule has 0 fully saturated rings. The predicted molar refractivity (Wildman–Crippen MR) is 104 cm³/mol. The zero-order chi connectivity index (χ0) is 16.2. The van der Waals surface area contributed by atoms with Crippen molar-refractivity contribution in [1.29, 1.82) is 0 Å². The normalized spacial score (nSPS) is 16.1. The Morgan fingerprint density at radius 3 is 1.96 bits per heavy atom. The van der Waals surface area contributed by atoms with Crippen molar-refractivity contribution in [3.05, 3.63) is 47.1 Å². The first-order valence-corrected chi connectivity index (χ1v) is 10.2. The minimum Gasteiger partial charge on any atom is -0.0801 e. The van der Waals surface area contributed by atoms with Crippen molar-refractivity contribution in [3.63, 3.8) is 0 Å². The van der Waals surface area contributed by atoms with Crippen LogP contribution in [-0.2, 0) is 0 Å². The van der Waals surface area contributed by atoms with Crippen molar-refractivity contribution in [2.24, 2.45) is 0 Å². The molecule has 0 bridgehead atoms. The first kappa shape index (κ1) is 18.3. The third-order valence-corrected chi connectivity index (χ3v) is 5.18. The van der Waals surface area contributed by atoms with Crippen LogP contribution in [-0.4, -0.2) is 0 Å². The van der Waals surface area contributed by atoms with Crippen LogP contribution in [0.2, 0.25) is 0 Å². The molecule has 0 spiro atoms. The minimum atomic E-state index is 1.11. The fourth-order valence-corrected chi connectivity index (χ4v) is 3.69. The SMILES string of the molecule is CCCCCCCCCCCCCCC1=C2C=CCC=C2C=C1. The Labute approximate surface area is 144 Å². The van der Waals surface area contributed by atoms with Crippen LogP contribution < -0.4 is 0 Å². The third kappa shape index (κ3) is 6.94. The Morgan fingerprint density at radius 2 is 1.30 bits per heavy atom. The van der Waals surface area contributed by atoms with Gasteiger partial charge in [0, 0.05) is 0 Å². The molecule has 2 aliphatic carbocycles. The molecule has 2 rings (SSSR count). The quantitative estimate of drug-likeness (QED) is 0.304. The summed E-state index contributed by atoms with van der Waals surface area (Å²) < 4.78 is 0. The highest BCUT2D eigenvalue weighted by Crippen LogP contribution is 2.31. The van der Waals surface area contributed by atoms with Gasteiger partial charge < -0.3 is 0 Å². The molecule has 0 saturated carbocycles. The summed E-state index contributed by atoms with van der Waals surface area (Å²) in [5.74, 6) is 0. The van der Waals surface area contributed by atoms with Gasteiger partial charge in [0.15, 0.2) is 0 Å². The van der Waals surface area contributed by atoms with E-state index in [0.717, 1.165) is 6.42 Å². The van der Waals surface area contributed by atoms with Gasteiger partial charge in [-0.2, -0.15) is 0 Å². The van der Waals surface area contributed by atoms with Crippen LogP contribution in [0.5, 0.6) is 0 Å². The number of fused-ring (bicyclic) bond motifs is 1. The summed E-state index contributed by atoms with van der Waals surface area (Å²) in [5, 5.41) is 0. The van der Waals surface area contributed by atoms with Gasteiger partial charge in [-0.05, 0) is 36.0 Å². The second-order valence-electron chi connectivity index (χ2n) is 7.21. The van der Waals surface area contributed by atoms with Crippen LogP contribution in [0.4, 0.5) is 0 Å². The van der Waals surface area contributed by atoms with Gasteiger partial charge in [0.1, 0.15) is 0 Å². The first-order valence-electron chi connectivity index (χ1n) is 10.2. The van der Waals surface area contributed by atoms with Crippen LogP contribution in [0, 0.1) is 0 Å². The summed E-state index contributed by atoms with van der Waals surface area (Å²) in [6.07, 6.45) is 31.2. The molecule has 0 heteroatoms. The summed E-state index contributed by atoms with van der Waals surface area (Å²) in [6.45, 7) is 2.29. The monoisotopic (exact) mass is 312 g/mol. The molecule has 0 aliphatic heterocycles. The van der Waals surface area contributed by atoms with Gasteiger partial charge in [-0.15, -0.1) is 0 Å². The summed E-state index contributed by atoms with van der Waals surface area (Å²) in [7, 11) is 0. The largest absolute Gasteiger partial charge is 0.0801 e. The van der Waals surface area contributed by atoms with E-state index in [1.807, 2.05) is 0 Å². The van der Waals surface area contributed by atoms with Gasteiger partial charge in [-0.1, -0.05) is 108 Å². The second kappa shape index (κ2) is 11.5. The lowest BCUT2D eigenvalue weighted by Crippen LogP contribution is -1.89. The molecule has 0 aromatic rings. The molecule has 0 aromatic heterocycles. The first-order chi connectivity index (χ1) is 11.4. The van der Waals surface area contributed by atoms with E-state index >= 15 is 0 Å². The van der Waals surface area contributed by atoms with E-state index in [4.69, 9.17) is 0 Å². The van der Waals surface area contributed by atoms with Gasteiger partial charge in [0.05, 0.1) is 0 Å². The summed E-state index contributed by atoms with van der Waals surface area (Å²) >= 11 is 0. The Morgan fingerprint density at radius 1 is 0.696 bits per heavy atom. The zero-order valence-electron chi connectivity index (χ0n) is 15.3. The van der Waals surface area contributed by atoms with E-state index in [-0.39, 0.29) is 0 Å². The second-order valence-corrected chi connectivity index (χ2v) is 7.21. The fraction of sp³-hybridized carbons (Fsp3) is 0.652. The lowest BCUT2D eigenvalue weighted by molar-refractivity contribution is 0.544. The smallest absolute Gasteiger partial charge is 0.0157 e. The molecular formula is C23H36. The molecule has 23 heavy (non-hydrogen) atoms. The lowest BCUT2D eigenvalue weighted by atomic mass is 9.97. The molecule has 0 atom stereocenters. The number of rotatable bonds is 13. The van der Waals surface area contributed by atoms with Crippen LogP contribution >= 0.6 is 0 Å². The van der Waals surface area contributed by atoms with E-state index in [0.29, 0.717) is 0 Å². The van der Waals surface area contributed by atoms with Crippen molar-refractivity contribution >= 4 is 0 Å². The molecule has 0 aromatic carbocycles. The van der Waals surface area contributed by atoms with Crippen LogP contribution in [0.25, 0.3) is 0 Å². The molecule has 0 N–H and O–H groups in total. The van der Waals surface area contributed by atoms with Gasteiger partial charge >= 0.3 is 0 Å². The number of allylic oxidation sites excluding steroid dienone is 8. The lowest BCUT2D eigenvalue weighted by Gasteiger charge is -2.08. The molecule has 0 nitrogen and oxygen atoms in total. The molecule has 0 amide bonds. The van der Waals surface area contributed by atoms with E-state index in [1.165, 1.54) is 94.6 Å². The molecule has 0 saturated heterocycles. The maximum Gasteiger partial charge on any atom is -0.0157 e. The van der Waals surface area contributed by atoms with Crippen LogP contribution in [0.3, 0.4) is 0 Å². The number of hydrogen-bond acceptors (Lipinski definition) is 0. The number of unbranched alkanes of at least 4 members (excludes halogenated alkanes) is 11. The Balaban J connectivity index is 1.42. The van der Waals surface area contributed by atoms with Crippen molar-refractivity contribution in [2.45, 2.75) is 96.8 Å². The van der Waals surface area contributed by atoms with Gasteiger partial charge in [0.2, 0.25) is 0 Å². The van der Waals surface area contributed by atoms with Gasteiger partial charge in [-0.3, -0.25) is 0 Å². The van der Waals surface area contributed by atoms with Gasteiger partial charge in [0.25, 0.3) is 0 Å². The molecule has 0 radical (unpaired) electrons. The molecule has 128 valence electrons. The molecule has 0 unspecified atom stereocenters. The fourth-order valence-electron chi connectivity index (χ4n) is 3.69. The molecule has 0 heterocycles. The highest BCUT2D eigenvalue weighted by molar-refractivity contribution is 5.59. The van der Waals surface area contributed by atoms with Crippen molar-refractivity contribution in [3.8, 4) is 0 Å². The minimum absolute atomic E-state index is 1.11. The van der Waals surface area contributed by atoms with E-state index in [2.05, 4.69) is 37.3 Å². The van der Waals surface area contributed by atoms with Crippen LogP contribution in [0.15, 0.2) is 47.1 Å². The number of hydrogen-bond donors (Lipinski definition) is 0. The van der Waals surface area contributed by atoms with E-state index in [1.54, 1.807) is 5.57 Å². The van der Waals surface area contributed by atoms with Crippen molar-refractivity contribution in [1.82, 2.24) is 0 Å². The maximum atomic E-state index is 2.35. The van der Waals surface area contributed by atoms with E-state index < -0.39 is 0 Å². The Kier molecular flexibility index (Phi) is 9.14. The average molecular weight is 313 g/mol. The van der Waals surface area contributed by atoms with E-state index in [9.17, 15) is 0 Å². The highest BCUT2D eigenvalue weighted by Gasteiger charge is 2.12. The summed E-state index contributed by atoms with van der Waals surface area (Å²) in [6, 6.07) is 0. The summed E-state index contributed by atoms with van der Waals surface area (Å²) in [4.78, 5) is 0. The highest BCUT2D eigenvalue weighted by atomic mass is 14.2. The zero-order valence-corrected chi connectivity index (χ0v) is 15.3. The van der Waals surface area contributed by atoms with Gasteiger partial charge in [-0.25, -0.2) is 0 Å². The standard InChI is InChI=1S/C23H36/c1-2-3-4-5-6-7-8-9-10-11-12-13-16-21-19-20-22-17-14-15-18-23(21)22/h15,17-20H,2-14,16H2,1H3. The maximum absolute atomic E-state index is 2.35. The topological polar surface area (TPSA) is 0 Å². The van der Waals surface area contributed by atoms with Crippen molar-refractivity contribution < 1.29 is 0 Å². The molecular weight excluding hydrogens is 276 g/mol. The Hall–Kier alpha value is -1.04. The van der Waals surface area contributed by atoms with Crippen LogP contribution in [0.1, 0.15) is 96.8 Å². The average Bonchev–Trinajstić information content (AvgIpc) is 2.99. The predicted octanol–water partition coefficient (Wildman–Crippen LogP) is 7.83. The molecule has 2 aliphatic rings.